The van der Waals surface area contributed by atoms with Crippen LogP contribution in [0.3, 0.4) is 0 Å². The number of hydrogen-bond acceptors (Lipinski definition) is 4. The highest BCUT2D eigenvalue weighted by atomic mass is 16.5. The van der Waals surface area contributed by atoms with E-state index in [1.54, 1.807) is 12.0 Å². The third-order valence-corrected chi connectivity index (χ3v) is 6.75. The zero-order valence-corrected chi connectivity index (χ0v) is 18.4. The Morgan fingerprint density at radius 3 is 2.40 bits per heavy atom. The maximum atomic E-state index is 12.1. The number of methoxy groups -OCH3 is 1. The summed E-state index contributed by atoms with van der Waals surface area (Å²) >= 11 is 0. The summed E-state index contributed by atoms with van der Waals surface area (Å²) in [5, 5.41) is 0. The molecule has 1 saturated heterocycles. The van der Waals surface area contributed by atoms with E-state index in [4.69, 9.17) is 4.74 Å². The van der Waals surface area contributed by atoms with Crippen LogP contribution in [0.4, 0.5) is 0 Å². The number of hydrogen-bond donors (Lipinski definition) is 0. The van der Waals surface area contributed by atoms with Crippen molar-refractivity contribution in [3.8, 4) is 5.75 Å². The van der Waals surface area contributed by atoms with Crippen molar-refractivity contribution in [2.75, 3.05) is 47.4 Å². The van der Waals surface area contributed by atoms with Crippen molar-refractivity contribution >= 4 is 5.91 Å². The van der Waals surface area contributed by atoms with Gasteiger partial charge >= 0.3 is 0 Å². The van der Waals surface area contributed by atoms with E-state index < -0.39 is 0 Å². The van der Waals surface area contributed by atoms with E-state index in [9.17, 15) is 4.79 Å². The van der Waals surface area contributed by atoms with Crippen LogP contribution in [0.25, 0.3) is 0 Å². The molecule has 0 unspecified atom stereocenters. The van der Waals surface area contributed by atoms with Crippen LogP contribution in [0.2, 0.25) is 0 Å². The van der Waals surface area contributed by atoms with Crippen LogP contribution in [-0.4, -0.2) is 68.0 Å². The molecule has 2 aliphatic heterocycles. The number of fused-ring (bicyclic) bond motifs is 2. The van der Waals surface area contributed by atoms with Crippen molar-refractivity contribution in [1.82, 2.24) is 14.7 Å². The standard InChI is InChI=1S/C25H33N3O2/c1-26(2)24(29)18-27-14-12-25(13-15-27)19-28(17-21-6-4-5-7-23(21)25)16-20-8-10-22(30-3)11-9-20/h4-11H,12-19H2,1-3H3. The molecule has 4 rings (SSSR count). The third kappa shape index (κ3) is 4.37. The molecule has 2 aromatic carbocycles. The Kier molecular flexibility index (Phi) is 6.11. The summed E-state index contributed by atoms with van der Waals surface area (Å²) in [5.41, 5.74) is 4.47. The van der Waals surface area contributed by atoms with Crippen molar-refractivity contribution in [3.05, 3.63) is 65.2 Å². The van der Waals surface area contributed by atoms with E-state index >= 15 is 0 Å². The molecule has 0 radical (unpaired) electrons. The number of amides is 1. The molecule has 30 heavy (non-hydrogen) atoms. The minimum Gasteiger partial charge on any atom is -0.497 e. The Morgan fingerprint density at radius 2 is 1.73 bits per heavy atom. The van der Waals surface area contributed by atoms with Crippen LogP contribution >= 0.6 is 0 Å². The molecule has 1 fully saturated rings. The fourth-order valence-corrected chi connectivity index (χ4v) is 4.99. The van der Waals surface area contributed by atoms with Crippen molar-refractivity contribution in [2.24, 2.45) is 0 Å². The molecule has 0 atom stereocenters. The van der Waals surface area contributed by atoms with Gasteiger partial charge in [-0.2, -0.15) is 0 Å². The molecule has 2 aromatic rings. The summed E-state index contributed by atoms with van der Waals surface area (Å²) in [7, 11) is 5.38. The Balaban J connectivity index is 1.50. The summed E-state index contributed by atoms with van der Waals surface area (Å²) < 4.78 is 5.30. The van der Waals surface area contributed by atoms with E-state index in [2.05, 4.69) is 46.2 Å². The van der Waals surface area contributed by atoms with Gasteiger partial charge in [-0.1, -0.05) is 36.4 Å². The Hall–Kier alpha value is -2.37. The zero-order chi connectivity index (χ0) is 21.1. The fourth-order valence-electron chi connectivity index (χ4n) is 4.99. The second-order valence-electron chi connectivity index (χ2n) is 9.00. The summed E-state index contributed by atoms with van der Waals surface area (Å²) in [5.74, 6) is 1.09. The van der Waals surface area contributed by atoms with E-state index in [1.807, 2.05) is 26.2 Å². The normalized spacial score (nSPS) is 18.8. The van der Waals surface area contributed by atoms with E-state index in [-0.39, 0.29) is 11.3 Å². The molecule has 2 aliphatic rings. The van der Waals surface area contributed by atoms with Gasteiger partial charge in [-0.05, 0) is 54.8 Å². The minimum absolute atomic E-state index is 0.180. The first-order chi connectivity index (χ1) is 14.5. The van der Waals surface area contributed by atoms with Gasteiger partial charge < -0.3 is 9.64 Å². The second-order valence-corrected chi connectivity index (χ2v) is 9.00. The predicted octanol–water partition coefficient (Wildman–Crippen LogP) is 3.13. The summed E-state index contributed by atoms with van der Waals surface area (Å²) in [6, 6.07) is 17.4. The summed E-state index contributed by atoms with van der Waals surface area (Å²) in [6.07, 6.45) is 2.20. The molecule has 0 aromatic heterocycles. The minimum atomic E-state index is 0.180. The molecule has 0 N–H and O–H groups in total. The lowest BCUT2D eigenvalue weighted by Gasteiger charge is -2.49. The maximum Gasteiger partial charge on any atom is 0.236 e. The second kappa shape index (κ2) is 8.78. The van der Waals surface area contributed by atoms with Crippen LogP contribution < -0.4 is 4.74 Å². The lowest BCUT2D eigenvalue weighted by atomic mass is 9.68. The van der Waals surface area contributed by atoms with Crippen LogP contribution in [0, 0.1) is 0 Å². The lowest BCUT2D eigenvalue weighted by Crippen LogP contribution is -2.52. The largest absolute Gasteiger partial charge is 0.497 e. The zero-order valence-electron chi connectivity index (χ0n) is 18.4. The highest BCUT2D eigenvalue weighted by Gasteiger charge is 2.42. The lowest BCUT2D eigenvalue weighted by molar-refractivity contribution is -0.130. The van der Waals surface area contributed by atoms with Gasteiger partial charge in [-0.15, -0.1) is 0 Å². The highest BCUT2D eigenvalue weighted by molar-refractivity contribution is 5.77. The molecular formula is C25H33N3O2. The van der Waals surface area contributed by atoms with Gasteiger partial charge in [0.15, 0.2) is 0 Å². The number of likely N-dealkylation sites (N-methyl/N-ethyl adjacent to an activating group) is 1. The summed E-state index contributed by atoms with van der Waals surface area (Å²) in [4.78, 5) is 18.7. The predicted molar refractivity (Wildman–Crippen MR) is 120 cm³/mol. The maximum absolute atomic E-state index is 12.1. The molecule has 0 aliphatic carbocycles. The van der Waals surface area contributed by atoms with Gasteiger partial charge in [0.1, 0.15) is 5.75 Å². The molecule has 0 bridgehead atoms. The smallest absolute Gasteiger partial charge is 0.236 e. The molecule has 0 saturated carbocycles. The van der Waals surface area contributed by atoms with E-state index in [0.29, 0.717) is 6.54 Å². The van der Waals surface area contributed by atoms with Crippen molar-refractivity contribution in [1.29, 1.82) is 0 Å². The summed E-state index contributed by atoms with van der Waals surface area (Å²) in [6.45, 7) is 5.50. The van der Waals surface area contributed by atoms with E-state index in [0.717, 1.165) is 51.3 Å². The average Bonchev–Trinajstić information content (AvgIpc) is 2.76. The highest BCUT2D eigenvalue weighted by Crippen LogP contribution is 2.42. The van der Waals surface area contributed by atoms with Crippen LogP contribution in [-0.2, 0) is 23.3 Å². The molecule has 1 spiro atoms. The van der Waals surface area contributed by atoms with Gasteiger partial charge in [0, 0.05) is 39.1 Å². The molecular weight excluding hydrogens is 374 g/mol. The van der Waals surface area contributed by atoms with Gasteiger partial charge in [-0.3, -0.25) is 14.6 Å². The van der Waals surface area contributed by atoms with Gasteiger partial charge in [0.2, 0.25) is 5.91 Å². The number of piperidine rings is 1. The molecule has 2 heterocycles. The molecule has 1 amide bonds. The quantitative estimate of drug-likeness (QED) is 0.763. The van der Waals surface area contributed by atoms with E-state index in [1.165, 1.54) is 16.7 Å². The van der Waals surface area contributed by atoms with Crippen LogP contribution in [0.1, 0.15) is 29.5 Å². The number of benzene rings is 2. The van der Waals surface area contributed by atoms with Gasteiger partial charge in [-0.25, -0.2) is 0 Å². The van der Waals surface area contributed by atoms with Gasteiger partial charge in [0.25, 0.3) is 0 Å². The molecule has 5 heteroatoms. The van der Waals surface area contributed by atoms with Crippen molar-refractivity contribution in [2.45, 2.75) is 31.3 Å². The Labute approximate surface area is 180 Å². The first-order valence-electron chi connectivity index (χ1n) is 10.9. The Bertz CT molecular complexity index is 870. The third-order valence-electron chi connectivity index (χ3n) is 6.75. The monoisotopic (exact) mass is 407 g/mol. The fraction of sp³-hybridized carbons (Fsp3) is 0.480. The average molecular weight is 408 g/mol. The van der Waals surface area contributed by atoms with Crippen molar-refractivity contribution in [3.63, 3.8) is 0 Å². The number of ether oxygens (including phenoxy) is 1. The SMILES string of the molecule is COc1ccc(CN2Cc3ccccc3C3(CCN(CC(=O)N(C)C)CC3)C2)cc1. The van der Waals surface area contributed by atoms with Crippen LogP contribution in [0.15, 0.2) is 48.5 Å². The van der Waals surface area contributed by atoms with Gasteiger partial charge in [0.05, 0.1) is 13.7 Å². The Morgan fingerprint density at radius 1 is 1.03 bits per heavy atom. The number of rotatable bonds is 5. The first kappa shape index (κ1) is 20.9. The number of carbonyl (C=O) groups excluding carboxylic acids is 1. The molecule has 5 nitrogen and oxygen atoms in total. The molecule has 160 valence electrons. The number of nitrogens with zero attached hydrogens (tertiary/aromatic N) is 3. The van der Waals surface area contributed by atoms with Crippen molar-refractivity contribution < 1.29 is 9.53 Å². The first-order valence-corrected chi connectivity index (χ1v) is 10.9. The number of carbonyl (C=O) groups is 1. The number of likely N-dealkylation sites (tertiary alicyclic amines) is 1. The topological polar surface area (TPSA) is 36.0 Å². The van der Waals surface area contributed by atoms with Crippen LogP contribution in [0.5, 0.6) is 5.75 Å².